The van der Waals surface area contributed by atoms with Gasteiger partial charge in [-0.05, 0) is 24.5 Å². The summed E-state index contributed by atoms with van der Waals surface area (Å²) in [7, 11) is 1.42. The van der Waals surface area contributed by atoms with Crippen molar-refractivity contribution in [3.8, 4) is 6.19 Å². The molecule has 2 aromatic rings. The van der Waals surface area contributed by atoms with Crippen LogP contribution in [0.15, 0.2) is 34.7 Å². The lowest BCUT2D eigenvalue weighted by Gasteiger charge is -2.27. The van der Waals surface area contributed by atoms with Crippen LogP contribution in [-0.4, -0.2) is 29.8 Å². The molecule has 136 valence electrons. The number of para-hydroxylation sites is 1. The van der Waals surface area contributed by atoms with Gasteiger partial charge >= 0.3 is 0 Å². The Morgan fingerprint density at radius 2 is 2.04 bits per heavy atom. The van der Waals surface area contributed by atoms with E-state index in [2.05, 4.69) is 5.32 Å². The van der Waals surface area contributed by atoms with Crippen LogP contribution in [0.2, 0.25) is 0 Å². The van der Waals surface area contributed by atoms with Gasteiger partial charge in [-0.1, -0.05) is 50.3 Å². The second-order valence-electron chi connectivity index (χ2n) is 6.91. The van der Waals surface area contributed by atoms with Crippen molar-refractivity contribution < 1.29 is 14.0 Å². The molecule has 2 amide bonds. The van der Waals surface area contributed by atoms with E-state index in [0.717, 1.165) is 36.0 Å². The number of benzene rings is 1. The number of nitriles is 1. The smallest absolute Gasteiger partial charge is 0.287 e. The lowest BCUT2D eigenvalue weighted by Crippen LogP contribution is -2.47. The van der Waals surface area contributed by atoms with Crippen molar-refractivity contribution in [2.45, 2.75) is 44.6 Å². The molecule has 0 aliphatic heterocycles. The quantitative estimate of drug-likeness (QED) is 0.659. The van der Waals surface area contributed by atoms with Crippen molar-refractivity contribution in [1.29, 1.82) is 5.26 Å². The molecule has 1 aliphatic rings. The zero-order valence-electron chi connectivity index (χ0n) is 14.9. The number of rotatable bonds is 5. The third-order valence-electron chi connectivity index (χ3n) is 5.03. The minimum absolute atomic E-state index is 0.173. The third kappa shape index (κ3) is 4.05. The highest BCUT2D eigenvalue weighted by molar-refractivity contribution is 5.98. The molecule has 0 radical (unpaired) electrons. The number of nitrogens with one attached hydrogen (secondary N) is 1. The van der Waals surface area contributed by atoms with E-state index in [-0.39, 0.29) is 11.7 Å². The predicted octanol–water partition coefficient (Wildman–Crippen LogP) is 3.44. The highest BCUT2D eigenvalue weighted by Crippen LogP contribution is 2.28. The molecule has 1 atom stereocenters. The fraction of sp³-hybridized carbons (Fsp3) is 0.450. The first kappa shape index (κ1) is 18.0. The molecule has 3 rings (SSSR count). The molecular weight excluding hydrogens is 330 g/mol. The minimum Gasteiger partial charge on any atom is -0.451 e. The lowest BCUT2D eigenvalue weighted by atomic mass is 9.84. The maximum Gasteiger partial charge on any atom is 0.287 e. The molecule has 1 fully saturated rings. The number of carbonyl (C=O) groups excluding carboxylic acids is 2. The largest absolute Gasteiger partial charge is 0.451 e. The molecule has 0 bridgehead atoms. The second-order valence-corrected chi connectivity index (χ2v) is 6.91. The van der Waals surface area contributed by atoms with Crippen LogP contribution in [0.4, 0.5) is 0 Å². The first-order valence-corrected chi connectivity index (χ1v) is 9.05. The summed E-state index contributed by atoms with van der Waals surface area (Å²) in [5, 5.41) is 12.6. The highest BCUT2D eigenvalue weighted by atomic mass is 16.3. The Bertz CT molecular complexity index is 797. The van der Waals surface area contributed by atoms with Crippen molar-refractivity contribution in [3.05, 3.63) is 36.1 Å². The molecule has 0 spiro atoms. The van der Waals surface area contributed by atoms with E-state index in [4.69, 9.17) is 9.68 Å². The molecule has 0 saturated heterocycles. The van der Waals surface area contributed by atoms with Crippen LogP contribution in [0, 0.1) is 17.4 Å². The van der Waals surface area contributed by atoms with Crippen molar-refractivity contribution in [3.63, 3.8) is 0 Å². The zero-order valence-corrected chi connectivity index (χ0v) is 14.9. The van der Waals surface area contributed by atoms with Gasteiger partial charge in [0.15, 0.2) is 12.0 Å². The number of hydrogen-bond acceptors (Lipinski definition) is 4. The third-order valence-corrected chi connectivity index (χ3v) is 5.03. The Hall–Kier alpha value is -2.81. The number of carbonyl (C=O) groups is 2. The summed E-state index contributed by atoms with van der Waals surface area (Å²) in [6.45, 7) is 0. The van der Waals surface area contributed by atoms with Gasteiger partial charge in [-0.15, -0.1) is 0 Å². The van der Waals surface area contributed by atoms with Crippen molar-refractivity contribution in [2.75, 3.05) is 7.05 Å². The van der Waals surface area contributed by atoms with E-state index in [1.54, 1.807) is 12.1 Å². The van der Waals surface area contributed by atoms with Crippen LogP contribution in [0.25, 0.3) is 11.0 Å². The molecule has 0 unspecified atom stereocenters. The molecule has 6 heteroatoms. The Morgan fingerprint density at radius 1 is 1.31 bits per heavy atom. The average molecular weight is 353 g/mol. The lowest BCUT2D eigenvalue weighted by molar-refractivity contribution is -0.129. The van der Waals surface area contributed by atoms with Crippen LogP contribution in [0.3, 0.4) is 0 Å². The minimum atomic E-state index is -0.719. The predicted molar refractivity (Wildman–Crippen MR) is 97.0 cm³/mol. The van der Waals surface area contributed by atoms with Crippen molar-refractivity contribution in [1.82, 2.24) is 10.2 Å². The van der Waals surface area contributed by atoms with Crippen LogP contribution in [0.1, 0.15) is 49.1 Å². The molecule has 1 N–H and O–H groups in total. The topological polar surface area (TPSA) is 86.3 Å². The van der Waals surface area contributed by atoms with E-state index >= 15 is 0 Å². The van der Waals surface area contributed by atoms with E-state index in [1.807, 2.05) is 24.4 Å². The first-order valence-electron chi connectivity index (χ1n) is 9.05. The maximum atomic E-state index is 12.6. The van der Waals surface area contributed by atoms with Gasteiger partial charge in [0.2, 0.25) is 0 Å². The van der Waals surface area contributed by atoms with Crippen LogP contribution < -0.4 is 5.32 Å². The standard InChI is InChI=1S/C20H23N3O3/c1-23(13-21)20(25)16(11-14-7-3-2-4-8-14)22-19(24)18-12-15-9-5-6-10-17(15)26-18/h5-6,9-10,12,14,16H,2-4,7-8,11H2,1H3,(H,22,24)/t16-/m0/s1. The van der Waals surface area contributed by atoms with Gasteiger partial charge in [-0.25, -0.2) is 0 Å². The average Bonchev–Trinajstić information content (AvgIpc) is 3.11. The number of furan rings is 1. The number of amides is 2. The van der Waals surface area contributed by atoms with E-state index in [0.29, 0.717) is 17.9 Å². The van der Waals surface area contributed by atoms with E-state index in [1.165, 1.54) is 13.5 Å². The van der Waals surface area contributed by atoms with Crippen LogP contribution in [0.5, 0.6) is 0 Å². The Labute approximate surface area is 152 Å². The molecule has 1 aliphatic carbocycles. The summed E-state index contributed by atoms with van der Waals surface area (Å²) < 4.78 is 5.59. The Kier molecular flexibility index (Phi) is 5.57. The number of nitrogens with zero attached hydrogens (tertiary/aromatic N) is 2. The van der Waals surface area contributed by atoms with Gasteiger partial charge in [0, 0.05) is 12.4 Å². The molecule has 6 nitrogen and oxygen atoms in total. The van der Waals surface area contributed by atoms with Crippen LogP contribution in [-0.2, 0) is 4.79 Å². The Balaban J connectivity index is 1.75. The molecule has 1 saturated carbocycles. The van der Waals surface area contributed by atoms with Gasteiger partial charge < -0.3 is 9.73 Å². The monoisotopic (exact) mass is 353 g/mol. The van der Waals surface area contributed by atoms with E-state index in [9.17, 15) is 9.59 Å². The molecular formula is C20H23N3O3. The van der Waals surface area contributed by atoms with Crippen molar-refractivity contribution in [2.24, 2.45) is 5.92 Å². The van der Waals surface area contributed by atoms with Gasteiger partial charge in [0.05, 0.1) is 0 Å². The fourth-order valence-corrected chi connectivity index (χ4v) is 3.58. The second kappa shape index (κ2) is 8.05. The normalized spacial score (nSPS) is 16.0. The molecule has 1 heterocycles. The van der Waals surface area contributed by atoms with Gasteiger partial charge in [-0.3, -0.25) is 14.5 Å². The summed E-state index contributed by atoms with van der Waals surface area (Å²) in [6, 6.07) is 8.32. The summed E-state index contributed by atoms with van der Waals surface area (Å²) in [6.07, 6.45) is 8.01. The van der Waals surface area contributed by atoms with Gasteiger partial charge in [-0.2, -0.15) is 5.26 Å². The summed E-state index contributed by atoms with van der Waals surface area (Å²) >= 11 is 0. The van der Waals surface area contributed by atoms with Gasteiger partial charge in [0.1, 0.15) is 11.6 Å². The zero-order chi connectivity index (χ0) is 18.5. The molecule has 26 heavy (non-hydrogen) atoms. The number of likely N-dealkylation sites (N-methyl/N-ethyl adjacent to an activating group) is 1. The van der Waals surface area contributed by atoms with Crippen molar-refractivity contribution >= 4 is 22.8 Å². The fourth-order valence-electron chi connectivity index (χ4n) is 3.58. The van der Waals surface area contributed by atoms with E-state index < -0.39 is 11.9 Å². The van der Waals surface area contributed by atoms with Gasteiger partial charge in [0.25, 0.3) is 11.8 Å². The summed E-state index contributed by atoms with van der Waals surface area (Å²) in [5.74, 6) is -0.253. The summed E-state index contributed by atoms with van der Waals surface area (Å²) in [5.41, 5.74) is 0.627. The number of hydrogen-bond donors (Lipinski definition) is 1. The summed E-state index contributed by atoms with van der Waals surface area (Å²) in [4.78, 5) is 26.1. The molecule has 1 aromatic heterocycles. The Morgan fingerprint density at radius 3 is 2.73 bits per heavy atom. The first-order chi connectivity index (χ1) is 12.6. The number of fused-ring (bicyclic) bond motifs is 1. The SMILES string of the molecule is CN(C#N)C(=O)[C@H](CC1CCCCC1)NC(=O)c1cc2ccccc2o1. The molecule has 1 aromatic carbocycles. The maximum absolute atomic E-state index is 12.6. The van der Waals surface area contributed by atoms with Crippen LogP contribution >= 0.6 is 0 Å². The highest BCUT2D eigenvalue weighted by Gasteiger charge is 2.29.